The van der Waals surface area contributed by atoms with Crippen LogP contribution >= 0.6 is 11.3 Å². The molecule has 0 saturated heterocycles. The highest BCUT2D eigenvalue weighted by Gasteiger charge is 2.25. The molecule has 156 valence electrons. The maximum Gasteiger partial charge on any atom is 0.326 e. The third kappa shape index (κ3) is 7.23. The number of benzene rings is 1. The number of carbonyl (C=O) groups excluding carboxylic acids is 3. The van der Waals surface area contributed by atoms with Crippen molar-refractivity contribution in [2.45, 2.75) is 40.2 Å². The van der Waals surface area contributed by atoms with Crippen molar-refractivity contribution in [2.75, 3.05) is 23.3 Å². The molecule has 0 bridgehead atoms. The van der Waals surface area contributed by atoms with Crippen molar-refractivity contribution in [1.29, 1.82) is 0 Å². The second kappa shape index (κ2) is 9.56. The van der Waals surface area contributed by atoms with Crippen LogP contribution in [0.15, 0.2) is 35.7 Å². The zero-order valence-electron chi connectivity index (χ0n) is 17.4. The van der Waals surface area contributed by atoms with E-state index >= 15 is 0 Å². The molecular weight excluding hydrogens is 390 g/mol. The fraction of sp³-hybridized carbons (Fsp3) is 0.381. The molecule has 0 aliphatic carbocycles. The average molecular weight is 418 g/mol. The van der Waals surface area contributed by atoms with E-state index in [0.29, 0.717) is 10.7 Å². The van der Waals surface area contributed by atoms with Crippen LogP contribution < -0.4 is 15.5 Å². The van der Waals surface area contributed by atoms with E-state index in [0.717, 1.165) is 11.1 Å². The first kappa shape index (κ1) is 22.4. The van der Waals surface area contributed by atoms with Crippen LogP contribution in [0.5, 0.6) is 0 Å². The lowest BCUT2D eigenvalue weighted by Crippen LogP contribution is -2.44. The molecule has 0 radical (unpaired) electrons. The molecule has 2 N–H and O–H groups in total. The summed E-state index contributed by atoms with van der Waals surface area (Å²) in [7, 11) is 0. The fourth-order valence-electron chi connectivity index (χ4n) is 2.57. The van der Waals surface area contributed by atoms with Gasteiger partial charge < -0.3 is 15.4 Å². The maximum absolute atomic E-state index is 12.8. The molecule has 0 aliphatic heterocycles. The van der Waals surface area contributed by atoms with Gasteiger partial charge in [-0.1, -0.05) is 12.1 Å². The summed E-state index contributed by atoms with van der Waals surface area (Å²) in [6.45, 7) is 8.61. The number of aryl methyl sites for hydroxylation is 2. The van der Waals surface area contributed by atoms with Gasteiger partial charge in [0.05, 0.1) is 6.54 Å². The van der Waals surface area contributed by atoms with E-state index in [-0.39, 0.29) is 13.1 Å². The summed E-state index contributed by atoms with van der Waals surface area (Å²) in [4.78, 5) is 38.5. The molecule has 0 fully saturated rings. The van der Waals surface area contributed by atoms with Crippen molar-refractivity contribution in [1.82, 2.24) is 5.32 Å². The number of nitrogens with one attached hydrogen (secondary N) is 2. The van der Waals surface area contributed by atoms with Gasteiger partial charge in [-0.15, -0.1) is 11.3 Å². The van der Waals surface area contributed by atoms with E-state index in [1.54, 1.807) is 26.8 Å². The lowest BCUT2D eigenvalue weighted by Gasteiger charge is -2.25. The number of ether oxygens (including phenoxy) is 1. The van der Waals surface area contributed by atoms with Gasteiger partial charge in [-0.3, -0.25) is 14.5 Å². The molecule has 2 aromatic rings. The normalized spacial score (nSPS) is 10.9. The van der Waals surface area contributed by atoms with Gasteiger partial charge in [-0.2, -0.15) is 0 Å². The van der Waals surface area contributed by atoms with Crippen molar-refractivity contribution in [3.63, 3.8) is 0 Å². The Hall–Kier alpha value is -2.87. The van der Waals surface area contributed by atoms with Crippen LogP contribution in [0.1, 0.15) is 31.9 Å². The van der Waals surface area contributed by atoms with Crippen LogP contribution in [-0.2, 0) is 14.3 Å². The molecule has 3 amide bonds. The lowest BCUT2D eigenvalue weighted by molar-refractivity contribution is -0.153. The van der Waals surface area contributed by atoms with Crippen LogP contribution in [0.3, 0.4) is 0 Å². The van der Waals surface area contributed by atoms with E-state index in [9.17, 15) is 14.4 Å². The Morgan fingerprint density at radius 2 is 1.86 bits per heavy atom. The number of amides is 3. The molecule has 0 atom stereocenters. The van der Waals surface area contributed by atoms with Gasteiger partial charge in [-0.05, 0) is 69.3 Å². The zero-order valence-corrected chi connectivity index (χ0v) is 18.2. The Morgan fingerprint density at radius 3 is 2.45 bits per heavy atom. The summed E-state index contributed by atoms with van der Waals surface area (Å²) in [6, 6.07) is 8.71. The minimum atomic E-state index is -0.651. The Balaban J connectivity index is 2.02. The number of hydrogen-bond donors (Lipinski definition) is 2. The number of hydrogen-bond acceptors (Lipinski definition) is 5. The predicted molar refractivity (Wildman–Crippen MR) is 115 cm³/mol. The van der Waals surface area contributed by atoms with Gasteiger partial charge in [0.2, 0.25) is 5.91 Å². The second-order valence-electron chi connectivity index (χ2n) is 7.65. The van der Waals surface area contributed by atoms with E-state index in [1.165, 1.54) is 16.2 Å². The van der Waals surface area contributed by atoms with Crippen molar-refractivity contribution in [3.05, 3.63) is 46.8 Å². The van der Waals surface area contributed by atoms with Crippen LogP contribution in [0, 0.1) is 13.8 Å². The average Bonchev–Trinajstić information content (AvgIpc) is 3.02. The molecule has 1 heterocycles. The summed E-state index contributed by atoms with van der Waals surface area (Å²) in [5, 5.41) is 7.73. The summed E-state index contributed by atoms with van der Waals surface area (Å²) < 4.78 is 5.34. The molecule has 0 saturated carbocycles. The number of carbonyl (C=O) groups is 3. The lowest BCUT2D eigenvalue weighted by atomic mass is 10.2. The van der Waals surface area contributed by atoms with Crippen molar-refractivity contribution in [3.8, 4) is 0 Å². The first-order valence-corrected chi connectivity index (χ1v) is 10.1. The molecular formula is C21H27N3O4S. The number of esters is 1. The Morgan fingerprint density at radius 1 is 1.14 bits per heavy atom. The molecule has 1 aromatic carbocycles. The maximum atomic E-state index is 12.8. The third-order valence-corrected chi connectivity index (χ3v) is 4.80. The highest BCUT2D eigenvalue weighted by Crippen LogP contribution is 2.27. The van der Waals surface area contributed by atoms with Crippen LogP contribution in [-0.4, -0.2) is 36.6 Å². The molecule has 7 nitrogen and oxygen atoms in total. The van der Waals surface area contributed by atoms with Crippen molar-refractivity contribution < 1.29 is 19.1 Å². The van der Waals surface area contributed by atoms with Crippen LogP contribution in [0.4, 0.5) is 15.5 Å². The van der Waals surface area contributed by atoms with Gasteiger partial charge in [0.15, 0.2) is 0 Å². The van der Waals surface area contributed by atoms with Crippen molar-refractivity contribution >= 4 is 39.9 Å². The van der Waals surface area contributed by atoms with Crippen molar-refractivity contribution in [2.24, 2.45) is 0 Å². The topological polar surface area (TPSA) is 87.7 Å². The molecule has 1 aromatic heterocycles. The summed E-state index contributed by atoms with van der Waals surface area (Å²) in [5.74, 6) is -0.913. The standard InChI is InChI=1S/C21H27N3O4S/c1-14-7-6-8-16(11-14)23-20(27)22-12-17(25)24(19-15(2)9-10-29-19)13-18(26)28-21(3,4)5/h6-11H,12-13H2,1-5H3,(H2,22,23,27). The zero-order chi connectivity index (χ0) is 21.6. The van der Waals surface area contributed by atoms with Gasteiger partial charge in [0, 0.05) is 5.69 Å². The smallest absolute Gasteiger partial charge is 0.326 e. The number of urea groups is 1. The highest BCUT2D eigenvalue weighted by atomic mass is 32.1. The molecule has 0 spiro atoms. The molecule has 2 rings (SSSR count). The predicted octanol–water partition coefficient (Wildman–Crippen LogP) is 3.86. The Bertz CT molecular complexity index is 886. The molecule has 8 heteroatoms. The van der Waals surface area contributed by atoms with Gasteiger partial charge >= 0.3 is 12.0 Å². The molecule has 29 heavy (non-hydrogen) atoms. The summed E-state index contributed by atoms with van der Waals surface area (Å²) in [6.07, 6.45) is 0. The summed E-state index contributed by atoms with van der Waals surface area (Å²) in [5.41, 5.74) is 1.86. The quantitative estimate of drug-likeness (QED) is 0.699. The van der Waals surface area contributed by atoms with Gasteiger partial charge in [-0.25, -0.2) is 4.79 Å². The van der Waals surface area contributed by atoms with Gasteiger partial charge in [0.1, 0.15) is 17.1 Å². The van der Waals surface area contributed by atoms with Crippen LogP contribution in [0.2, 0.25) is 0 Å². The second-order valence-corrected chi connectivity index (χ2v) is 8.55. The largest absolute Gasteiger partial charge is 0.459 e. The fourth-order valence-corrected chi connectivity index (χ4v) is 3.52. The highest BCUT2D eigenvalue weighted by molar-refractivity contribution is 7.14. The van der Waals surface area contributed by atoms with E-state index in [2.05, 4.69) is 10.6 Å². The van der Waals surface area contributed by atoms with Gasteiger partial charge in [0.25, 0.3) is 0 Å². The van der Waals surface area contributed by atoms with E-state index in [1.807, 2.05) is 43.5 Å². The SMILES string of the molecule is Cc1cccc(NC(=O)NCC(=O)N(CC(=O)OC(C)(C)C)c2sccc2C)c1. The number of thiophene rings is 1. The van der Waals surface area contributed by atoms with E-state index < -0.39 is 23.5 Å². The number of rotatable bonds is 6. The summed E-state index contributed by atoms with van der Waals surface area (Å²) >= 11 is 1.35. The third-order valence-electron chi connectivity index (χ3n) is 3.76. The van der Waals surface area contributed by atoms with Crippen LogP contribution in [0.25, 0.3) is 0 Å². The molecule has 0 aliphatic rings. The first-order valence-electron chi connectivity index (χ1n) is 9.23. The minimum absolute atomic E-state index is 0.224. The monoisotopic (exact) mass is 417 g/mol. The first-order chi connectivity index (χ1) is 13.5. The number of nitrogens with zero attached hydrogens (tertiary/aromatic N) is 1. The Labute approximate surface area is 175 Å². The minimum Gasteiger partial charge on any atom is -0.459 e. The Kier molecular flexibility index (Phi) is 7.39. The molecule has 0 unspecified atom stereocenters. The van der Waals surface area contributed by atoms with E-state index in [4.69, 9.17) is 4.74 Å². The number of anilines is 2.